The number of nitrogens with zero attached hydrogens (tertiary/aromatic N) is 1. The van der Waals surface area contributed by atoms with Crippen LogP contribution < -0.4 is 0 Å². The Labute approximate surface area is 116 Å². The average molecular weight is 263 g/mol. The molecule has 3 nitrogen and oxygen atoms in total. The van der Waals surface area contributed by atoms with Crippen LogP contribution in [0.2, 0.25) is 0 Å². The van der Waals surface area contributed by atoms with Crippen molar-refractivity contribution in [2.24, 2.45) is 0 Å². The molecule has 0 heterocycles. The maximum absolute atomic E-state index is 11.9. The number of aliphatic hydroxyl groups excluding tert-OH is 1. The second-order valence-electron chi connectivity index (χ2n) is 4.98. The summed E-state index contributed by atoms with van der Waals surface area (Å²) in [6, 6.07) is 6.01. The molecule has 0 spiro atoms. The fourth-order valence-corrected chi connectivity index (χ4v) is 2.35. The number of carbonyl (C=O) groups excluding carboxylic acids is 1. The van der Waals surface area contributed by atoms with Crippen molar-refractivity contribution in [3.05, 3.63) is 34.9 Å². The Morgan fingerprint density at radius 2 is 1.89 bits per heavy atom. The largest absolute Gasteiger partial charge is 0.388 e. The van der Waals surface area contributed by atoms with E-state index in [9.17, 15) is 9.90 Å². The van der Waals surface area contributed by atoms with Crippen molar-refractivity contribution >= 4 is 5.91 Å². The summed E-state index contributed by atoms with van der Waals surface area (Å²) >= 11 is 0. The Morgan fingerprint density at radius 1 is 1.26 bits per heavy atom. The van der Waals surface area contributed by atoms with Crippen LogP contribution in [0.25, 0.3) is 0 Å². The third-order valence-corrected chi connectivity index (χ3v) is 3.53. The van der Waals surface area contributed by atoms with Gasteiger partial charge in [0.25, 0.3) is 0 Å². The van der Waals surface area contributed by atoms with Gasteiger partial charge in [-0.15, -0.1) is 0 Å². The molecule has 1 aromatic rings. The van der Waals surface area contributed by atoms with Crippen molar-refractivity contribution < 1.29 is 9.90 Å². The van der Waals surface area contributed by atoms with Gasteiger partial charge in [0.2, 0.25) is 5.91 Å². The fourth-order valence-electron chi connectivity index (χ4n) is 2.35. The molecule has 0 radical (unpaired) electrons. The van der Waals surface area contributed by atoms with Crippen LogP contribution in [-0.2, 0) is 4.79 Å². The lowest BCUT2D eigenvalue weighted by Gasteiger charge is -2.20. The van der Waals surface area contributed by atoms with Gasteiger partial charge >= 0.3 is 0 Å². The van der Waals surface area contributed by atoms with Crippen molar-refractivity contribution in [1.82, 2.24) is 4.90 Å². The van der Waals surface area contributed by atoms with E-state index in [2.05, 4.69) is 6.07 Å². The third kappa shape index (κ3) is 4.35. The van der Waals surface area contributed by atoms with Gasteiger partial charge in [-0.1, -0.05) is 23.8 Å². The van der Waals surface area contributed by atoms with Gasteiger partial charge < -0.3 is 10.0 Å². The quantitative estimate of drug-likeness (QED) is 0.857. The van der Waals surface area contributed by atoms with E-state index in [0.717, 1.165) is 24.2 Å². The normalized spacial score (nSPS) is 12.3. The molecule has 3 heteroatoms. The van der Waals surface area contributed by atoms with E-state index in [1.54, 1.807) is 4.90 Å². The molecule has 0 bridgehead atoms. The minimum atomic E-state index is -0.555. The highest BCUT2D eigenvalue weighted by molar-refractivity contribution is 5.76. The first-order chi connectivity index (χ1) is 8.99. The van der Waals surface area contributed by atoms with Crippen molar-refractivity contribution in [2.45, 2.75) is 46.6 Å². The summed E-state index contributed by atoms with van der Waals surface area (Å²) in [5.41, 5.74) is 3.20. The summed E-state index contributed by atoms with van der Waals surface area (Å²) < 4.78 is 0. The molecule has 0 fully saturated rings. The zero-order chi connectivity index (χ0) is 14.4. The van der Waals surface area contributed by atoms with Crippen LogP contribution in [0.15, 0.2) is 18.2 Å². The molecule has 0 aliphatic carbocycles. The Balaban J connectivity index is 2.60. The van der Waals surface area contributed by atoms with E-state index in [1.165, 1.54) is 5.56 Å². The molecule has 1 rings (SSSR count). The van der Waals surface area contributed by atoms with Gasteiger partial charge in [-0.05, 0) is 45.2 Å². The molecule has 0 aliphatic rings. The SMILES string of the molecule is CCN(CC)C(=O)CCC(O)c1ccc(C)cc1C. The minimum Gasteiger partial charge on any atom is -0.388 e. The smallest absolute Gasteiger partial charge is 0.222 e. The van der Waals surface area contributed by atoms with Crippen LogP contribution in [0, 0.1) is 13.8 Å². The number of hydrogen-bond donors (Lipinski definition) is 1. The van der Waals surface area contributed by atoms with Crippen molar-refractivity contribution in [2.75, 3.05) is 13.1 Å². The predicted molar refractivity (Wildman–Crippen MR) is 78.0 cm³/mol. The van der Waals surface area contributed by atoms with Gasteiger partial charge in [-0.3, -0.25) is 4.79 Å². The average Bonchev–Trinajstić information content (AvgIpc) is 2.37. The van der Waals surface area contributed by atoms with E-state index in [-0.39, 0.29) is 5.91 Å². The number of aryl methyl sites for hydroxylation is 2. The summed E-state index contributed by atoms with van der Waals surface area (Å²) in [5.74, 6) is 0.119. The molecular weight excluding hydrogens is 238 g/mol. The minimum absolute atomic E-state index is 0.119. The van der Waals surface area contributed by atoms with E-state index in [1.807, 2.05) is 39.8 Å². The topological polar surface area (TPSA) is 40.5 Å². The van der Waals surface area contributed by atoms with E-state index < -0.39 is 6.10 Å². The first kappa shape index (κ1) is 15.7. The fraction of sp³-hybridized carbons (Fsp3) is 0.562. The number of benzene rings is 1. The summed E-state index contributed by atoms with van der Waals surface area (Å²) in [6.45, 7) is 9.44. The molecule has 1 atom stereocenters. The molecule has 0 saturated carbocycles. The first-order valence-corrected chi connectivity index (χ1v) is 7.02. The summed E-state index contributed by atoms with van der Waals surface area (Å²) in [7, 11) is 0. The zero-order valence-electron chi connectivity index (χ0n) is 12.4. The molecule has 0 aromatic heterocycles. The highest BCUT2D eigenvalue weighted by Gasteiger charge is 2.15. The molecule has 1 aromatic carbocycles. The number of hydrogen-bond acceptors (Lipinski definition) is 2. The number of rotatable bonds is 6. The van der Waals surface area contributed by atoms with Gasteiger partial charge in [0.05, 0.1) is 6.10 Å². The van der Waals surface area contributed by atoms with Crippen molar-refractivity contribution in [3.8, 4) is 0 Å². The number of aliphatic hydroxyl groups is 1. The maximum Gasteiger partial charge on any atom is 0.222 e. The molecule has 0 saturated heterocycles. The van der Waals surface area contributed by atoms with Crippen LogP contribution in [-0.4, -0.2) is 29.0 Å². The lowest BCUT2D eigenvalue weighted by molar-refractivity contribution is -0.131. The second-order valence-corrected chi connectivity index (χ2v) is 4.98. The molecule has 1 unspecified atom stereocenters. The highest BCUT2D eigenvalue weighted by atomic mass is 16.3. The van der Waals surface area contributed by atoms with Crippen LogP contribution in [0.4, 0.5) is 0 Å². The Kier molecular flexibility index (Phi) is 6.03. The lowest BCUT2D eigenvalue weighted by atomic mass is 9.98. The zero-order valence-corrected chi connectivity index (χ0v) is 12.4. The summed E-state index contributed by atoms with van der Waals surface area (Å²) in [6.07, 6.45) is 0.329. The van der Waals surface area contributed by atoms with Gasteiger partial charge in [0, 0.05) is 19.5 Å². The monoisotopic (exact) mass is 263 g/mol. The molecular formula is C16H25NO2. The van der Waals surface area contributed by atoms with Gasteiger partial charge in [0.1, 0.15) is 0 Å². The molecule has 1 amide bonds. The summed E-state index contributed by atoms with van der Waals surface area (Å²) in [4.78, 5) is 13.7. The van der Waals surface area contributed by atoms with Crippen molar-refractivity contribution in [1.29, 1.82) is 0 Å². The third-order valence-electron chi connectivity index (χ3n) is 3.53. The molecule has 0 aliphatic heterocycles. The van der Waals surface area contributed by atoms with Crippen LogP contribution >= 0.6 is 0 Å². The Bertz CT molecular complexity index is 425. The standard InChI is InChI=1S/C16H25NO2/c1-5-17(6-2)16(19)10-9-15(18)14-8-7-12(3)11-13(14)4/h7-8,11,15,18H,5-6,9-10H2,1-4H3. The summed E-state index contributed by atoms with van der Waals surface area (Å²) in [5, 5.41) is 10.2. The highest BCUT2D eigenvalue weighted by Crippen LogP contribution is 2.23. The van der Waals surface area contributed by atoms with Gasteiger partial charge in [-0.2, -0.15) is 0 Å². The first-order valence-electron chi connectivity index (χ1n) is 7.02. The molecule has 1 N–H and O–H groups in total. The lowest BCUT2D eigenvalue weighted by Crippen LogP contribution is -2.30. The van der Waals surface area contributed by atoms with Crippen molar-refractivity contribution in [3.63, 3.8) is 0 Å². The van der Waals surface area contributed by atoms with Crippen LogP contribution in [0.3, 0.4) is 0 Å². The number of amides is 1. The second kappa shape index (κ2) is 7.29. The molecule has 19 heavy (non-hydrogen) atoms. The van der Waals surface area contributed by atoms with E-state index in [0.29, 0.717) is 12.8 Å². The maximum atomic E-state index is 11.9. The predicted octanol–water partition coefficient (Wildman–Crippen LogP) is 2.99. The number of carbonyl (C=O) groups is 1. The van der Waals surface area contributed by atoms with Gasteiger partial charge in [-0.25, -0.2) is 0 Å². The van der Waals surface area contributed by atoms with E-state index in [4.69, 9.17) is 0 Å². The molecule has 106 valence electrons. The van der Waals surface area contributed by atoms with E-state index >= 15 is 0 Å². The Morgan fingerprint density at radius 3 is 2.42 bits per heavy atom. The van der Waals surface area contributed by atoms with Crippen LogP contribution in [0.5, 0.6) is 0 Å². The van der Waals surface area contributed by atoms with Crippen LogP contribution in [0.1, 0.15) is 49.5 Å². The van der Waals surface area contributed by atoms with Gasteiger partial charge in [0.15, 0.2) is 0 Å². The Hall–Kier alpha value is -1.35.